The first-order valence-electron chi connectivity index (χ1n) is 5.30. The zero-order chi connectivity index (χ0) is 11.6. The molecule has 0 radical (unpaired) electrons. The molecular weight excluding hydrogens is 191 g/mol. The summed E-state index contributed by atoms with van der Waals surface area (Å²) in [5.74, 6) is 0.0861. The molecule has 0 heterocycles. The fraction of sp³-hybridized carbons (Fsp3) is 0.538. The largest absolute Gasteiger partial charge is 0.377 e. The Morgan fingerprint density at radius 2 is 1.73 bits per heavy atom. The smallest absolute Gasteiger partial charge is 0.126 e. The van der Waals surface area contributed by atoms with Crippen LogP contribution in [0.2, 0.25) is 0 Å². The SMILES string of the molecule is COC(C)c1cc(C(C)C)c(F)cc1C. The zero-order valence-electron chi connectivity index (χ0n) is 10.1. The summed E-state index contributed by atoms with van der Waals surface area (Å²) in [4.78, 5) is 0. The van der Waals surface area contributed by atoms with Crippen molar-refractivity contribution in [2.75, 3.05) is 7.11 Å². The summed E-state index contributed by atoms with van der Waals surface area (Å²) in [6.45, 7) is 7.88. The summed E-state index contributed by atoms with van der Waals surface area (Å²) >= 11 is 0. The average molecular weight is 210 g/mol. The highest BCUT2D eigenvalue weighted by molar-refractivity contribution is 5.35. The van der Waals surface area contributed by atoms with Crippen molar-refractivity contribution >= 4 is 0 Å². The molecular formula is C13H19FO. The van der Waals surface area contributed by atoms with Crippen LogP contribution in [0, 0.1) is 12.7 Å². The van der Waals surface area contributed by atoms with Gasteiger partial charge in [-0.2, -0.15) is 0 Å². The van der Waals surface area contributed by atoms with E-state index in [9.17, 15) is 4.39 Å². The number of aryl methyl sites for hydroxylation is 1. The minimum absolute atomic E-state index is 0.0168. The second kappa shape index (κ2) is 4.75. The zero-order valence-corrected chi connectivity index (χ0v) is 10.1. The number of benzene rings is 1. The predicted molar refractivity (Wildman–Crippen MR) is 60.7 cm³/mol. The van der Waals surface area contributed by atoms with Crippen LogP contribution in [-0.2, 0) is 4.74 Å². The van der Waals surface area contributed by atoms with Crippen LogP contribution < -0.4 is 0 Å². The molecule has 0 aliphatic heterocycles. The maximum atomic E-state index is 13.6. The Bertz CT molecular complexity index is 345. The molecule has 0 fully saturated rings. The molecule has 0 aliphatic carbocycles. The third kappa shape index (κ3) is 2.57. The first-order valence-corrected chi connectivity index (χ1v) is 5.30. The summed E-state index contributed by atoms with van der Waals surface area (Å²) in [5, 5.41) is 0. The van der Waals surface area contributed by atoms with Gasteiger partial charge in [-0.1, -0.05) is 13.8 Å². The van der Waals surface area contributed by atoms with E-state index in [1.54, 1.807) is 13.2 Å². The van der Waals surface area contributed by atoms with Gasteiger partial charge in [0.15, 0.2) is 0 Å². The van der Waals surface area contributed by atoms with Crippen molar-refractivity contribution in [3.63, 3.8) is 0 Å². The van der Waals surface area contributed by atoms with Crippen LogP contribution in [0.5, 0.6) is 0 Å². The monoisotopic (exact) mass is 210 g/mol. The van der Waals surface area contributed by atoms with Gasteiger partial charge < -0.3 is 4.74 Å². The van der Waals surface area contributed by atoms with Crippen LogP contribution in [0.1, 0.15) is 49.5 Å². The van der Waals surface area contributed by atoms with Crippen molar-refractivity contribution in [2.45, 2.75) is 39.7 Å². The molecule has 0 saturated carbocycles. The van der Waals surface area contributed by atoms with E-state index in [-0.39, 0.29) is 17.8 Å². The van der Waals surface area contributed by atoms with E-state index in [0.29, 0.717) is 0 Å². The number of methoxy groups -OCH3 is 1. The molecule has 1 unspecified atom stereocenters. The minimum Gasteiger partial charge on any atom is -0.377 e. The van der Waals surface area contributed by atoms with Crippen LogP contribution >= 0.6 is 0 Å². The Hall–Kier alpha value is -0.890. The van der Waals surface area contributed by atoms with Gasteiger partial charge in [0, 0.05) is 7.11 Å². The van der Waals surface area contributed by atoms with Gasteiger partial charge in [-0.05, 0) is 48.6 Å². The molecule has 0 aliphatic rings. The van der Waals surface area contributed by atoms with Gasteiger partial charge in [-0.3, -0.25) is 0 Å². The van der Waals surface area contributed by atoms with Crippen LogP contribution in [-0.4, -0.2) is 7.11 Å². The normalized spacial score (nSPS) is 13.3. The van der Waals surface area contributed by atoms with Gasteiger partial charge in [0.2, 0.25) is 0 Å². The summed E-state index contributed by atoms with van der Waals surface area (Å²) in [6.07, 6.45) is 0.0168. The maximum Gasteiger partial charge on any atom is 0.126 e. The van der Waals surface area contributed by atoms with Gasteiger partial charge in [0.1, 0.15) is 5.82 Å². The first kappa shape index (κ1) is 12.2. The van der Waals surface area contributed by atoms with Crippen molar-refractivity contribution < 1.29 is 9.13 Å². The first-order chi connectivity index (χ1) is 6.97. The number of hydrogen-bond donors (Lipinski definition) is 0. The fourth-order valence-electron chi connectivity index (χ4n) is 1.71. The highest BCUT2D eigenvalue weighted by atomic mass is 19.1. The van der Waals surface area contributed by atoms with Crippen LogP contribution in [0.4, 0.5) is 4.39 Å². The van der Waals surface area contributed by atoms with Crippen LogP contribution in [0.15, 0.2) is 12.1 Å². The number of ether oxygens (including phenoxy) is 1. The number of halogens is 1. The van der Waals surface area contributed by atoms with E-state index >= 15 is 0 Å². The molecule has 0 aromatic heterocycles. The summed E-state index contributed by atoms with van der Waals surface area (Å²) < 4.78 is 18.9. The van der Waals surface area contributed by atoms with Crippen molar-refractivity contribution in [3.05, 3.63) is 34.6 Å². The predicted octanol–water partition coefficient (Wildman–Crippen LogP) is 3.96. The molecule has 1 rings (SSSR count). The van der Waals surface area contributed by atoms with E-state index in [0.717, 1.165) is 16.7 Å². The van der Waals surface area contributed by atoms with E-state index in [1.807, 2.05) is 33.8 Å². The Morgan fingerprint density at radius 1 is 1.13 bits per heavy atom. The molecule has 0 spiro atoms. The molecule has 15 heavy (non-hydrogen) atoms. The highest BCUT2D eigenvalue weighted by Crippen LogP contribution is 2.27. The standard InChI is InChI=1S/C13H19FO/c1-8(2)11-7-12(10(4)15-5)9(3)6-13(11)14/h6-8,10H,1-5H3. The summed E-state index contributed by atoms with van der Waals surface area (Å²) in [5.41, 5.74) is 2.79. The van der Waals surface area contributed by atoms with E-state index < -0.39 is 0 Å². The molecule has 0 bridgehead atoms. The minimum atomic E-state index is -0.116. The van der Waals surface area contributed by atoms with Crippen molar-refractivity contribution in [1.29, 1.82) is 0 Å². The Kier molecular flexibility index (Phi) is 3.86. The van der Waals surface area contributed by atoms with Crippen molar-refractivity contribution in [1.82, 2.24) is 0 Å². The number of rotatable bonds is 3. The third-order valence-corrected chi connectivity index (χ3v) is 2.80. The Morgan fingerprint density at radius 3 is 2.20 bits per heavy atom. The molecule has 1 aromatic carbocycles. The fourth-order valence-corrected chi connectivity index (χ4v) is 1.71. The van der Waals surface area contributed by atoms with Crippen LogP contribution in [0.3, 0.4) is 0 Å². The molecule has 1 atom stereocenters. The lowest BCUT2D eigenvalue weighted by Crippen LogP contribution is -2.03. The van der Waals surface area contributed by atoms with Crippen molar-refractivity contribution in [2.24, 2.45) is 0 Å². The lowest BCUT2D eigenvalue weighted by Gasteiger charge is -2.16. The molecule has 84 valence electrons. The second-order valence-corrected chi connectivity index (χ2v) is 4.26. The molecule has 0 saturated heterocycles. The molecule has 0 N–H and O–H groups in total. The van der Waals surface area contributed by atoms with E-state index in [2.05, 4.69) is 0 Å². The third-order valence-electron chi connectivity index (χ3n) is 2.80. The molecule has 1 aromatic rings. The quantitative estimate of drug-likeness (QED) is 0.733. The van der Waals surface area contributed by atoms with Crippen LogP contribution in [0.25, 0.3) is 0 Å². The lowest BCUT2D eigenvalue weighted by molar-refractivity contribution is 0.119. The summed E-state index contributed by atoms with van der Waals surface area (Å²) in [6, 6.07) is 3.52. The van der Waals surface area contributed by atoms with Gasteiger partial charge in [0.05, 0.1) is 6.10 Å². The van der Waals surface area contributed by atoms with Gasteiger partial charge in [0.25, 0.3) is 0 Å². The Labute approximate surface area is 91.3 Å². The number of hydrogen-bond acceptors (Lipinski definition) is 1. The van der Waals surface area contributed by atoms with E-state index in [4.69, 9.17) is 4.74 Å². The van der Waals surface area contributed by atoms with Crippen molar-refractivity contribution in [3.8, 4) is 0 Å². The molecule has 0 amide bonds. The highest BCUT2D eigenvalue weighted by Gasteiger charge is 2.13. The lowest BCUT2D eigenvalue weighted by atomic mass is 9.95. The average Bonchev–Trinajstić information content (AvgIpc) is 2.16. The van der Waals surface area contributed by atoms with Gasteiger partial charge in [-0.25, -0.2) is 4.39 Å². The van der Waals surface area contributed by atoms with Gasteiger partial charge >= 0.3 is 0 Å². The molecule has 2 heteroatoms. The maximum absolute atomic E-state index is 13.6. The second-order valence-electron chi connectivity index (χ2n) is 4.26. The van der Waals surface area contributed by atoms with Gasteiger partial charge in [-0.15, -0.1) is 0 Å². The molecule has 1 nitrogen and oxygen atoms in total. The Balaban J connectivity index is 3.23. The summed E-state index contributed by atoms with van der Waals surface area (Å²) in [7, 11) is 1.67. The topological polar surface area (TPSA) is 9.23 Å². The van der Waals surface area contributed by atoms with E-state index in [1.165, 1.54) is 0 Å².